The number of hydrogen-bond donors (Lipinski definition) is 3. The van der Waals surface area contributed by atoms with Crippen molar-refractivity contribution < 1.29 is 19.1 Å². The number of para-hydroxylation sites is 1. The predicted molar refractivity (Wildman–Crippen MR) is 80.5 cm³/mol. The van der Waals surface area contributed by atoms with Gasteiger partial charge in [-0.1, -0.05) is 6.07 Å². The fourth-order valence-corrected chi connectivity index (χ4v) is 3.25. The van der Waals surface area contributed by atoms with Crippen LogP contribution in [0.25, 0.3) is 0 Å². The third-order valence-corrected chi connectivity index (χ3v) is 4.63. The van der Waals surface area contributed by atoms with Crippen LogP contribution in [0.3, 0.4) is 0 Å². The third-order valence-electron chi connectivity index (χ3n) is 3.54. The zero-order valence-electron chi connectivity index (χ0n) is 11.6. The van der Waals surface area contributed by atoms with E-state index < -0.39 is 17.8 Å². The summed E-state index contributed by atoms with van der Waals surface area (Å²) >= 11 is 1.77. The van der Waals surface area contributed by atoms with Crippen LogP contribution in [0.4, 0.5) is 14.9 Å². The zero-order chi connectivity index (χ0) is 15.4. The molecular weight excluding hydrogens is 295 g/mol. The van der Waals surface area contributed by atoms with E-state index in [9.17, 15) is 14.0 Å². The van der Waals surface area contributed by atoms with E-state index in [2.05, 4.69) is 10.6 Å². The third kappa shape index (κ3) is 3.87. The molecule has 2 unspecified atom stereocenters. The van der Waals surface area contributed by atoms with E-state index in [1.165, 1.54) is 12.1 Å². The lowest BCUT2D eigenvalue weighted by molar-refractivity contribution is 0.0697. The number of urea groups is 1. The molecule has 0 aromatic heterocycles. The van der Waals surface area contributed by atoms with Crippen LogP contribution in [0.15, 0.2) is 18.2 Å². The second-order valence-corrected chi connectivity index (χ2v) is 6.07. The number of aromatic carboxylic acids is 1. The van der Waals surface area contributed by atoms with Crippen molar-refractivity contribution in [3.8, 4) is 0 Å². The van der Waals surface area contributed by atoms with Gasteiger partial charge in [0.15, 0.2) is 0 Å². The topological polar surface area (TPSA) is 78.4 Å². The summed E-state index contributed by atoms with van der Waals surface area (Å²) in [4.78, 5) is 22.9. The van der Waals surface area contributed by atoms with Gasteiger partial charge in [0.1, 0.15) is 5.82 Å². The summed E-state index contributed by atoms with van der Waals surface area (Å²) in [6.07, 6.45) is 4.82. The first kappa shape index (κ1) is 15.6. The van der Waals surface area contributed by atoms with Crippen LogP contribution in [0, 0.1) is 5.82 Å². The van der Waals surface area contributed by atoms with Crippen molar-refractivity contribution >= 4 is 29.4 Å². The quantitative estimate of drug-likeness (QED) is 0.799. The molecule has 2 amide bonds. The Labute approximate surface area is 126 Å². The number of thioether (sulfide) groups is 1. The van der Waals surface area contributed by atoms with Gasteiger partial charge in [-0.3, -0.25) is 0 Å². The molecule has 1 aromatic rings. The average Bonchev–Trinajstić information content (AvgIpc) is 2.88. The second-order valence-electron chi connectivity index (χ2n) is 4.93. The monoisotopic (exact) mass is 312 g/mol. The highest BCUT2D eigenvalue weighted by atomic mass is 32.2. The molecule has 3 N–H and O–H groups in total. The fourth-order valence-electron chi connectivity index (χ4n) is 2.45. The van der Waals surface area contributed by atoms with Crippen LogP contribution in [0.1, 0.15) is 29.6 Å². The molecule has 1 aromatic carbocycles. The van der Waals surface area contributed by atoms with Gasteiger partial charge in [0.2, 0.25) is 0 Å². The molecule has 0 saturated heterocycles. The Morgan fingerprint density at radius 1 is 1.38 bits per heavy atom. The van der Waals surface area contributed by atoms with Crippen LogP contribution in [-0.2, 0) is 0 Å². The van der Waals surface area contributed by atoms with Gasteiger partial charge in [0.05, 0.1) is 11.3 Å². The van der Waals surface area contributed by atoms with Gasteiger partial charge >= 0.3 is 12.0 Å². The Morgan fingerprint density at radius 2 is 2.14 bits per heavy atom. The molecule has 5 nitrogen and oxygen atoms in total. The van der Waals surface area contributed by atoms with Gasteiger partial charge in [-0.2, -0.15) is 11.8 Å². The summed E-state index contributed by atoms with van der Waals surface area (Å²) in [5.41, 5.74) is -0.569. The molecule has 0 aliphatic heterocycles. The Bertz CT molecular complexity index is 553. The van der Waals surface area contributed by atoms with Crippen molar-refractivity contribution in [1.82, 2.24) is 5.32 Å². The summed E-state index contributed by atoms with van der Waals surface area (Å²) in [5, 5.41) is 14.6. The van der Waals surface area contributed by atoms with E-state index in [0.29, 0.717) is 5.25 Å². The Balaban J connectivity index is 2.02. The second kappa shape index (κ2) is 6.80. The minimum atomic E-state index is -1.28. The standard InChI is InChI=1S/C14H17FN2O3S/c1-21-9-6-5-8(7-9)16-14(20)17-12-10(13(18)19)3-2-4-11(12)15/h2-4,8-9H,5-7H2,1H3,(H,18,19)(H2,16,17,20). The highest BCUT2D eigenvalue weighted by Gasteiger charge is 2.25. The van der Waals surface area contributed by atoms with Crippen molar-refractivity contribution in [2.24, 2.45) is 0 Å². The van der Waals surface area contributed by atoms with Gasteiger partial charge in [0.25, 0.3) is 0 Å². The van der Waals surface area contributed by atoms with Gasteiger partial charge in [-0.15, -0.1) is 0 Å². The number of carbonyl (C=O) groups excluding carboxylic acids is 1. The van der Waals surface area contributed by atoms with E-state index >= 15 is 0 Å². The maximum atomic E-state index is 13.7. The van der Waals surface area contributed by atoms with Crippen LogP contribution >= 0.6 is 11.8 Å². The lowest BCUT2D eigenvalue weighted by Crippen LogP contribution is -2.37. The lowest BCUT2D eigenvalue weighted by atomic mass is 10.1. The molecule has 1 aliphatic carbocycles. The minimum Gasteiger partial charge on any atom is -0.478 e. The Hall–Kier alpha value is -1.76. The maximum Gasteiger partial charge on any atom is 0.337 e. The number of carboxylic acids is 1. The molecule has 1 fully saturated rings. The van der Waals surface area contributed by atoms with Gasteiger partial charge in [-0.25, -0.2) is 14.0 Å². The zero-order valence-corrected chi connectivity index (χ0v) is 12.4. The van der Waals surface area contributed by atoms with Crippen molar-refractivity contribution in [2.75, 3.05) is 11.6 Å². The molecule has 0 heterocycles. The fraction of sp³-hybridized carbons (Fsp3) is 0.429. The number of halogens is 1. The van der Waals surface area contributed by atoms with Crippen molar-refractivity contribution in [1.29, 1.82) is 0 Å². The van der Waals surface area contributed by atoms with Crippen LogP contribution in [0.2, 0.25) is 0 Å². The highest BCUT2D eigenvalue weighted by Crippen LogP contribution is 2.28. The smallest absolute Gasteiger partial charge is 0.337 e. The Kier molecular flexibility index (Phi) is 5.06. The molecule has 1 saturated carbocycles. The largest absolute Gasteiger partial charge is 0.478 e. The molecular formula is C14H17FN2O3S. The number of hydrogen-bond acceptors (Lipinski definition) is 3. The predicted octanol–water partition coefficient (Wildman–Crippen LogP) is 2.93. The van der Waals surface area contributed by atoms with E-state index in [0.717, 1.165) is 25.3 Å². The maximum absolute atomic E-state index is 13.7. The Morgan fingerprint density at radius 3 is 2.76 bits per heavy atom. The molecule has 1 aliphatic rings. The molecule has 7 heteroatoms. The summed E-state index contributed by atoms with van der Waals surface area (Å²) < 4.78 is 13.7. The molecule has 0 bridgehead atoms. The van der Waals surface area contributed by atoms with Crippen molar-refractivity contribution in [2.45, 2.75) is 30.6 Å². The molecule has 21 heavy (non-hydrogen) atoms. The lowest BCUT2D eigenvalue weighted by Gasteiger charge is -2.15. The van der Waals surface area contributed by atoms with E-state index in [1.807, 2.05) is 6.26 Å². The minimum absolute atomic E-state index is 0.0440. The van der Waals surface area contributed by atoms with Gasteiger partial charge < -0.3 is 15.7 Å². The normalized spacial score (nSPS) is 21.0. The summed E-state index contributed by atoms with van der Waals surface area (Å²) in [7, 11) is 0. The first-order valence-corrected chi connectivity index (χ1v) is 7.92. The molecule has 114 valence electrons. The molecule has 2 atom stereocenters. The summed E-state index contributed by atoms with van der Waals surface area (Å²) in [6.45, 7) is 0. The molecule has 0 radical (unpaired) electrons. The summed E-state index contributed by atoms with van der Waals surface area (Å²) in [6, 6.07) is 3.13. The van der Waals surface area contributed by atoms with E-state index in [-0.39, 0.29) is 17.3 Å². The van der Waals surface area contributed by atoms with Crippen LogP contribution < -0.4 is 10.6 Å². The first-order valence-electron chi connectivity index (χ1n) is 6.63. The number of carboxylic acid groups (broad SMARTS) is 1. The van der Waals surface area contributed by atoms with Crippen molar-refractivity contribution in [3.63, 3.8) is 0 Å². The number of benzene rings is 1. The van der Waals surface area contributed by atoms with Gasteiger partial charge in [0, 0.05) is 11.3 Å². The van der Waals surface area contributed by atoms with Crippen molar-refractivity contribution in [3.05, 3.63) is 29.6 Å². The number of nitrogens with one attached hydrogen (secondary N) is 2. The van der Waals surface area contributed by atoms with E-state index in [1.54, 1.807) is 11.8 Å². The SMILES string of the molecule is CSC1CCC(NC(=O)Nc2c(F)cccc2C(=O)O)C1. The van der Waals surface area contributed by atoms with Crippen LogP contribution in [-0.4, -0.2) is 34.7 Å². The summed E-state index contributed by atoms with van der Waals surface area (Å²) in [5.74, 6) is -2.05. The first-order chi connectivity index (χ1) is 10.0. The molecule has 0 spiro atoms. The highest BCUT2D eigenvalue weighted by molar-refractivity contribution is 7.99. The van der Waals surface area contributed by atoms with Crippen LogP contribution in [0.5, 0.6) is 0 Å². The average molecular weight is 312 g/mol. The number of rotatable bonds is 4. The van der Waals surface area contributed by atoms with Gasteiger partial charge in [-0.05, 0) is 37.7 Å². The number of amides is 2. The number of anilines is 1. The van der Waals surface area contributed by atoms with E-state index in [4.69, 9.17) is 5.11 Å². The number of carbonyl (C=O) groups is 2. The molecule has 2 rings (SSSR count).